The Morgan fingerprint density at radius 1 is 1.33 bits per heavy atom. The van der Waals surface area contributed by atoms with E-state index in [1.807, 2.05) is 30.3 Å². The Labute approximate surface area is 115 Å². The first-order chi connectivity index (χ1) is 8.64. The second-order valence-corrected chi connectivity index (χ2v) is 4.92. The van der Waals surface area contributed by atoms with Crippen molar-refractivity contribution < 1.29 is 17.9 Å². The van der Waals surface area contributed by atoms with Crippen molar-refractivity contribution in [1.82, 2.24) is 0 Å². The van der Waals surface area contributed by atoms with Gasteiger partial charge in [0.25, 0.3) is 0 Å². The summed E-state index contributed by atoms with van der Waals surface area (Å²) in [6, 6.07) is 9.80. The van der Waals surface area contributed by atoms with Crippen molar-refractivity contribution in [2.75, 3.05) is 32.5 Å². The summed E-state index contributed by atoms with van der Waals surface area (Å²) in [5, 5.41) is 0. The molecule has 1 heterocycles. The van der Waals surface area contributed by atoms with E-state index in [4.69, 9.17) is 21.1 Å². The molecule has 18 heavy (non-hydrogen) atoms. The van der Waals surface area contributed by atoms with Crippen LogP contribution < -0.4 is 0 Å². The molecule has 0 N–H and O–H groups in total. The van der Waals surface area contributed by atoms with E-state index in [-0.39, 0.29) is 0 Å². The number of alkyl halides is 1. The first-order valence-electron chi connectivity index (χ1n) is 5.42. The van der Waals surface area contributed by atoms with Gasteiger partial charge in [-0.25, -0.2) is 4.21 Å². The van der Waals surface area contributed by atoms with E-state index in [0.29, 0.717) is 19.1 Å². The third-order valence-corrected chi connectivity index (χ3v) is 3.20. The van der Waals surface area contributed by atoms with E-state index in [9.17, 15) is 4.21 Å². The molecule has 0 spiro atoms. The lowest BCUT2D eigenvalue weighted by atomic mass is 10.1. The van der Waals surface area contributed by atoms with Gasteiger partial charge in [-0.3, -0.25) is 4.18 Å². The maximum absolute atomic E-state index is 9.70. The van der Waals surface area contributed by atoms with Crippen molar-refractivity contribution in [1.29, 1.82) is 0 Å². The Bertz CT molecular complexity index is 366. The molecule has 1 saturated heterocycles. The number of ether oxygens (including phenoxy) is 2. The first-order valence-corrected chi connectivity index (χ1v) is 7.43. The Morgan fingerprint density at radius 3 is 2.22 bits per heavy atom. The molecular formula is C12H17ClO4S. The van der Waals surface area contributed by atoms with Crippen LogP contribution in [0.4, 0.5) is 0 Å². The number of halogens is 1. The molecule has 1 aromatic rings. The molecule has 1 aliphatic heterocycles. The summed E-state index contributed by atoms with van der Waals surface area (Å²) in [7, 11) is 1.40. The van der Waals surface area contributed by atoms with E-state index < -0.39 is 16.9 Å². The third-order valence-electron chi connectivity index (χ3n) is 2.38. The zero-order valence-corrected chi connectivity index (χ0v) is 12.0. The lowest BCUT2D eigenvalue weighted by Crippen LogP contribution is -2.28. The molecule has 1 aliphatic rings. The van der Waals surface area contributed by atoms with Crippen LogP contribution in [-0.4, -0.2) is 36.7 Å². The van der Waals surface area contributed by atoms with E-state index in [2.05, 4.69) is 4.18 Å². The van der Waals surface area contributed by atoms with Crippen LogP contribution in [0, 0.1) is 0 Å². The molecule has 0 aliphatic carbocycles. The highest BCUT2D eigenvalue weighted by Crippen LogP contribution is 2.32. The second kappa shape index (κ2) is 7.86. The van der Waals surface area contributed by atoms with Gasteiger partial charge >= 0.3 is 0 Å². The summed E-state index contributed by atoms with van der Waals surface area (Å²) >= 11 is 4.78. The van der Waals surface area contributed by atoms with Crippen molar-refractivity contribution >= 4 is 22.7 Å². The minimum absolute atomic E-state index is 0.330. The Kier molecular flexibility index (Phi) is 6.81. The maximum Gasteiger partial charge on any atom is 0.208 e. The third kappa shape index (κ3) is 4.33. The van der Waals surface area contributed by atoms with Crippen LogP contribution in [-0.2, 0) is 30.5 Å². The van der Waals surface area contributed by atoms with Crippen LogP contribution >= 0.6 is 11.6 Å². The van der Waals surface area contributed by atoms with Crippen LogP contribution in [0.3, 0.4) is 0 Å². The highest BCUT2D eigenvalue weighted by atomic mass is 35.5. The van der Waals surface area contributed by atoms with E-state index in [1.165, 1.54) is 13.4 Å². The smallest absolute Gasteiger partial charge is 0.208 e. The van der Waals surface area contributed by atoms with Gasteiger partial charge in [-0.2, -0.15) is 0 Å². The van der Waals surface area contributed by atoms with Gasteiger partial charge in [-0.15, -0.1) is 11.6 Å². The van der Waals surface area contributed by atoms with Crippen LogP contribution in [0.5, 0.6) is 0 Å². The molecule has 1 atom stereocenters. The monoisotopic (exact) mass is 292 g/mol. The molecule has 2 rings (SSSR count). The van der Waals surface area contributed by atoms with Gasteiger partial charge in [0.05, 0.1) is 26.2 Å². The average Bonchev–Trinajstić information content (AvgIpc) is 2.90. The largest absolute Gasteiger partial charge is 0.342 e. The summed E-state index contributed by atoms with van der Waals surface area (Å²) in [5.74, 6) is -0.375. The number of rotatable bonds is 3. The van der Waals surface area contributed by atoms with Crippen molar-refractivity contribution in [3.05, 3.63) is 35.9 Å². The maximum atomic E-state index is 9.70. The highest BCUT2D eigenvalue weighted by molar-refractivity contribution is 7.79. The van der Waals surface area contributed by atoms with Gasteiger partial charge in [-0.05, 0) is 0 Å². The molecule has 0 aromatic heterocycles. The molecule has 0 bridgehead atoms. The zero-order valence-electron chi connectivity index (χ0n) is 10.4. The highest BCUT2D eigenvalue weighted by Gasteiger charge is 2.37. The molecule has 1 fully saturated rings. The van der Waals surface area contributed by atoms with Gasteiger partial charge in [-0.1, -0.05) is 30.3 Å². The van der Waals surface area contributed by atoms with Crippen LogP contribution in [0.2, 0.25) is 0 Å². The van der Waals surface area contributed by atoms with Crippen molar-refractivity contribution in [3.63, 3.8) is 0 Å². The number of benzene rings is 1. The second-order valence-electron chi connectivity index (χ2n) is 3.52. The fourth-order valence-corrected chi connectivity index (χ4v) is 1.78. The number of hydrogen-bond acceptors (Lipinski definition) is 4. The van der Waals surface area contributed by atoms with Crippen LogP contribution in [0.15, 0.2) is 30.3 Å². The van der Waals surface area contributed by atoms with Gasteiger partial charge in [0.15, 0.2) is 11.1 Å². The molecule has 0 amide bonds. The predicted octanol–water partition coefficient (Wildman–Crippen LogP) is 2.05. The lowest BCUT2D eigenvalue weighted by molar-refractivity contribution is -0.146. The van der Waals surface area contributed by atoms with E-state index in [1.54, 1.807) is 0 Å². The normalized spacial score (nSPS) is 18.8. The van der Waals surface area contributed by atoms with E-state index in [0.717, 1.165) is 5.56 Å². The predicted molar refractivity (Wildman–Crippen MR) is 71.8 cm³/mol. The molecular weight excluding hydrogens is 276 g/mol. The van der Waals surface area contributed by atoms with Gasteiger partial charge in [0.2, 0.25) is 5.79 Å². The Morgan fingerprint density at radius 2 is 1.83 bits per heavy atom. The zero-order chi connectivity index (χ0) is 13.4. The van der Waals surface area contributed by atoms with Crippen molar-refractivity contribution in [2.24, 2.45) is 0 Å². The Hall–Kier alpha value is -0.460. The summed E-state index contributed by atoms with van der Waals surface area (Å²) in [5.41, 5.74) is 0.988. The average molecular weight is 293 g/mol. The van der Waals surface area contributed by atoms with Gasteiger partial charge in [0.1, 0.15) is 0 Å². The number of hydrogen-bond donors (Lipinski definition) is 0. The molecule has 6 heteroatoms. The Balaban J connectivity index is 0.000000280. The molecule has 4 nitrogen and oxygen atoms in total. The van der Waals surface area contributed by atoms with Crippen LogP contribution in [0.25, 0.3) is 0 Å². The van der Waals surface area contributed by atoms with Crippen LogP contribution in [0.1, 0.15) is 5.56 Å². The van der Waals surface area contributed by atoms with Gasteiger partial charge < -0.3 is 9.47 Å². The summed E-state index contributed by atoms with van der Waals surface area (Å²) < 4.78 is 25.0. The molecule has 0 saturated carbocycles. The first kappa shape index (κ1) is 15.6. The molecule has 1 aromatic carbocycles. The summed E-state index contributed by atoms with van der Waals surface area (Å²) in [6.07, 6.45) is 1.47. The van der Waals surface area contributed by atoms with Crippen molar-refractivity contribution in [3.8, 4) is 0 Å². The minimum Gasteiger partial charge on any atom is -0.342 e. The van der Waals surface area contributed by atoms with Gasteiger partial charge in [0, 0.05) is 11.8 Å². The summed E-state index contributed by atoms with van der Waals surface area (Å²) in [6.45, 7) is 1.23. The standard InChI is InChI=1S/C10H11ClO2.C2H6O2S/c11-8-10(12-6-7-13-10)9-4-2-1-3-5-9;1-4-5(2)3/h1-5H,6-8H2;1-2H3. The molecule has 0 radical (unpaired) electrons. The molecule has 102 valence electrons. The topological polar surface area (TPSA) is 44.8 Å². The summed E-state index contributed by atoms with van der Waals surface area (Å²) in [4.78, 5) is 0. The van der Waals surface area contributed by atoms with E-state index >= 15 is 0 Å². The lowest BCUT2D eigenvalue weighted by Gasteiger charge is -2.24. The van der Waals surface area contributed by atoms with Crippen molar-refractivity contribution in [2.45, 2.75) is 5.79 Å². The molecule has 1 unspecified atom stereocenters. The SMILES string of the molecule is COS(C)=O.ClCC1(c2ccccc2)OCCO1. The fraction of sp³-hybridized carbons (Fsp3) is 0.500. The fourth-order valence-electron chi connectivity index (χ4n) is 1.47. The minimum atomic E-state index is -1.07. The quantitative estimate of drug-likeness (QED) is 0.800.